The smallest absolute Gasteiger partial charge is 0.269 e. The molecule has 6 nitrogen and oxygen atoms in total. The van der Waals surface area contributed by atoms with Gasteiger partial charge in [0.1, 0.15) is 0 Å². The van der Waals surface area contributed by atoms with Gasteiger partial charge in [0.2, 0.25) is 0 Å². The Balaban J connectivity index is 1.85. The summed E-state index contributed by atoms with van der Waals surface area (Å²) in [4.78, 5) is 12.3. The summed E-state index contributed by atoms with van der Waals surface area (Å²) in [5.41, 5.74) is 1.17. The van der Waals surface area contributed by atoms with Crippen LogP contribution in [0.1, 0.15) is 5.56 Å². The number of morpholine rings is 1. The lowest BCUT2D eigenvalue weighted by Crippen LogP contribution is -2.42. The van der Waals surface area contributed by atoms with E-state index in [1.54, 1.807) is 12.1 Å². The Bertz CT molecular complexity index is 481. The number of hydrogen-bond acceptors (Lipinski definition) is 5. The molecule has 1 aromatic carbocycles. The van der Waals surface area contributed by atoms with Crippen LogP contribution in [0.4, 0.5) is 5.69 Å². The van der Waals surface area contributed by atoms with Crippen molar-refractivity contribution in [1.29, 1.82) is 5.26 Å². The summed E-state index contributed by atoms with van der Waals surface area (Å²) in [6.45, 7) is 2.87. The van der Waals surface area contributed by atoms with E-state index in [4.69, 9.17) is 10.00 Å². The number of hydrogen-bond donors (Lipinski definition) is 0. The topological polar surface area (TPSA) is 79.4 Å². The van der Waals surface area contributed by atoms with Crippen molar-refractivity contribution in [2.24, 2.45) is 0 Å². The number of ether oxygens (including phenoxy) is 1. The summed E-state index contributed by atoms with van der Waals surface area (Å²) in [5, 5.41) is 19.4. The van der Waals surface area contributed by atoms with Gasteiger partial charge >= 0.3 is 0 Å². The fourth-order valence-corrected chi connectivity index (χ4v) is 2.06. The number of nitriles is 1. The maximum absolute atomic E-state index is 10.5. The molecule has 0 bridgehead atoms. The van der Waals surface area contributed by atoms with Crippen molar-refractivity contribution >= 4 is 5.69 Å². The summed E-state index contributed by atoms with van der Waals surface area (Å²) in [7, 11) is 0. The number of nitrogens with zero attached hydrogens (tertiary/aromatic N) is 3. The molecule has 1 fully saturated rings. The van der Waals surface area contributed by atoms with Gasteiger partial charge in [0.15, 0.2) is 6.10 Å². The lowest BCUT2D eigenvalue weighted by molar-refractivity contribution is -0.384. The molecule has 1 heterocycles. The first-order valence-electron chi connectivity index (χ1n) is 6.16. The SMILES string of the molecule is N#CC1CN(CCc2ccc([N+](=O)[O-])cc2)CCO1. The van der Waals surface area contributed by atoms with Crippen LogP contribution in [0.25, 0.3) is 0 Å². The number of nitro groups is 1. The molecule has 19 heavy (non-hydrogen) atoms. The molecule has 1 unspecified atom stereocenters. The highest BCUT2D eigenvalue weighted by Crippen LogP contribution is 2.13. The van der Waals surface area contributed by atoms with Crippen molar-refractivity contribution in [3.8, 4) is 6.07 Å². The van der Waals surface area contributed by atoms with Gasteiger partial charge in [0.25, 0.3) is 5.69 Å². The zero-order valence-electron chi connectivity index (χ0n) is 10.5. The lowest BCUT2D eigenvalue weighted by Gasteiger charge is -2.29. The van der Waals surface area contributed by atoms with Crippen molar-refractivity contribution in [1.82, 2.24) is 4.90 Å². The van der Waals surface area contributed by atoms with Crippen molar-refractivity contribution in [3.05, 3.63) is 39.9 Å². The first-order valence-corrected chi connectivity index (χ1v) is 6.16. The molecule has 1 aromatic rings. The molecule has 2 rings (SSSR count). The Morgan fingerprint density at radius 3 is 2.84 bits per heavy atom. The van der Waals surface area contributed by atoms with E-state index in [0.29, 0.717) is 13.2 Å². The highest BCUT2D eigenvalue weighted by atomic mass is 16.6. The molecule has 100 valence electrons. The minimum Gasteiger partial charge on any atom is -0.361 e. The highest BCUT2D eigenvalue weighted by Gasteiger charge is 2.19. The molecular formula is C13H15N3O3. The second-order valence-corrected chi connectivity index (χ2v) is 4.46. The van der Waals surface area contributed by atoms with E-state index >= 15 is 0 Å². The third kappa shape index (κ3) is 3.74. The van der Waals surface area contributed by atoms with Gasteiger partial charge in [0.05, 0.1) is 17.6 Å². The van der Waals surface area contributed by atoms with E-state index in [1.807, 2.05) is 0 Å². The van der Waals surface area contributed by atoms with Crippen LogP contribution in [-0.4, -0.2) is 42.2 Å². The number of benzene rings is 1. The fourth-order valence-electron chi connectivity index (χ4n) is 2.06. The molecular weight excluding hydrogens is 246 g/mol. The van der Waals surface area contributed by atoms with Crippen LogP contribution in [0, 0.1) is 21.4 Å². The Morgan fingerprint density at radius 1 is 1.47 bits per heavy atom. The predicted octanol–water partition coefficient (Wildman–Crippen LogP) is 1.36. The monoisotopic (exact) mass is 261 g/mol. The first kappa shape index (κ1) is 13.5. The van der Waals surface area contributed by atoms with Crippen LogP contribution >= 0.6 is 0 Å². The number of nitro benzene ring substituents is 1. The number of non-ortho nitro benzene ring substituents is 1. The predicted molar refractivity (Wildman–Crippen MR) is 68.6 cm³/mol. The van der Waals surface area contributed by atoms with Gasteiger partial charge in [-0.2, -0.15) is 5.26 Å². The van der Waals surface area contributed by atoms with Gasteiger partial charge in [-0.1, -0.05) is 12.1 Å². The van der Waals surface area contributed by atoms with Gasteiger partial charge in [-0.05, 0) is 12.0 Å². The molecule has 1 aliphatic rings. The van der Waals surface area contributed by atoms with E-state index in [9.17, 15) is 10.1 Å². The molecule has 0 aliphatic carbocycles. The summed E-state index contributed by atoms with van der Waals surface area (Å²) < 4.78 is 5.27. The van der Waals surface area contributed by atoms with Crippen LogP contribution in [0.2, 0.25) is 0 Å². The summed E-state index contributed by atoms with van der Waals surface area (Å²) in [5.74, 6) is 0. The molecule has 0 radical (unpaired) electrons. The Morgan fingerprint density at radius 2 is 2.21 bits per heavy atom. The highest BCUT2D eigenvalue weighted by molar-refractivity contribution is 5.32. The maximum atomic E-state index is 10.5. The second-order valence-electron chi connectivity index (χ2n) is 4.46. The lowest BCUT2D eigenvalue weighted by atomic mass is 10.1. The van der Waals surface area contributed by atoms with Gasteiger partial charge in [-0.3, -0.25) is 15.0 Å². The van der Waals surface area contributed by atoms with Crippen molar-refractivity contribution in [2.75, 3.05) is 26.2 Å². The zero-order chi connectivity index (χ0) is 13.7. The summed E-state index contributed by atoms with van der Waals surface area (Å²) in [6, 6.07) is 8.71. The minimum atomic E-state index is -0.400. The summed E-state index contributed by atoms with van der Waals surface area (Å²) >= 11 is 0. The average molecular weight is 261 g/mol. The Labute approximate surface area is 111 Å². The molecule has 1 saturated heterocycles. The third-order valence-electron chi connectivity index (χ3n) is 3.16. The first-order chi connectivity index (χ1) is 9.19. The molecule has 6 heteroatoms. The van der Waals surface area contributed by atoms with E-state index in [0.717, 1.165) is 25.1 Å². The summed E-state index contributed by atoms with van der Waals surface area (Å²) in [6.07, 6.45) is 0.474. The molecule has 0 saturated carbocycles. The maximum Gasteiger partial charge on any atom is 0.269 e. The quantitative estimate of drug-likeness (QED) is 0.604. The van der Waals surface area contributed by atoms with Crippen LogP contribution < -0.4 is 0 Å². The zero-order valence-corrected chi connectivity index (χ0v) is 10.5. The van der Waals surface area contributed by atoms with Gasteiger partial charge in [-0.25, -0.2) is 0 Å². The third-order valence-corrected chi connectivity index (χ3v) is 3.16. The molecule has 1 atom stereocenters. The molecule has 0 amide bonds. The largest absolute Gasteiger partial charge is 0.361 e. The van der Waals surface area contributed by atoms with E-state index in [-0.39, 0.29) is 11.8 Å². The molecule has 0 spiro atoms. The average Bonchev–Trinajstić information content (AvgIpc) is 2.46. The Kier molecular flexibility index (Phi) is 4.44. The number of rotatable bonds is 4. The van der Waals surface area contributed by atoms with Crippen LogP contribution in [-0.2, 0) is 11.2 Å². The normalized spacial score (nSPS) is 19.8. The minimum absolute atomic E-state index is 0.111. The van der Waals surface area contributed by atoms with Crippen molar-refractivity contribution < 1.29 is 9.66 Å². The fraction of sp³-hybridized carbons (Fsp3) is 0.462. The second kappa shape index (κ2) is 6.27. The van der Waals surface area contributed by atoms with Gasteiger partial charge in [0, 0.05) is 31.8 Å². The van der Waals surface area contributed by atoms with Crippen LogP contribution in [0.15, 0.2) is 24.3 Å². The molecule has 0 N–H and O–H groups in total. The molecule has 0 aromatic heterocycles. The van der Waals surface area contributed by atoms with Crippen molar-refractivity contribution in [2.45, 2.75) is 12.5 Å². The Hall–Kier alpha value is -1.97. The van der Waals surface area contributed by atoms with E-state index in [2.05, 4.69) is 11.0 Å². The molecule has 1 aliphatic heterocycles. The van der Waals surface area contributed by atoms with E-state index in [1.165, 1.54) is 12.1 Å². The van der Waals surface area contributed by atoms with Crippen LogP contribution in [0.5, 0.6) is 0 Å². The van der Waals surface area contributed by atoms with Gasteiger partial charge < -0.3 is 4.74 Å². The van der Waals surface area contributed by atoms with Gasteiger partial charge in [-0.15, -0.1) is 0 Å². The van der Waals surface area contributed by atoms with Crippen molar-refractivity contribution in [3.63, 3.8) is 0 Å². The standard InChI is InChI=1S/C13H15N3O3/c14-9-13-10-15(7-8-19-13)6-5-11-1-3-12(4-2-11)16(17)18/h1-4,13H,5-8,10H2. The van der Waals surface area contributed by atoms with Crippen LogP contribution in [0.3, 0.4) is 0 Å². The van der Waals surface area contributed by atoms with E-state index < -0.39 is 4.92 Å².